The van der Waals surface area contributed by atoms with Crippen molar-refractivity contribution in [1.29, 1.82) is 0 Å². The Labute approximate surface area is 101 Å². The van der Waals surface area contributed by atoms with E-state index in [1.807, 2.05) is 0 Å². The highest BCUT2D eigenvalue weighted by atomic mass is 35.5. The van der Waals surface area contributed by atoms with Gasteiger partial charge in [0.25, 0.3) is 5.69 Å². The normalized spacial score (nSPS) is 10.1. The van der Waals surface area contributed by atoms with Crippen LogP contribution in [0.2, 0.25) is 0 Å². The Kier molecular flexibility index (Phi) is 4.39. The van der Waals surface area contributed by atoms with Crippen LogP contribution in [0, 0.1) is 15.9 Å². The summed E-state index contributed by atoms with van der Waals surface area (Å²) < 4.78 is 17.5. The number of benzene rings is 1. The smallest absolute Gasteiger partial charge is 0.310 e. The van der Waals surface area contributed by atoms with Gasteiger partial charge in [0.15, 0.2) is 0 Å². The Bertz CT molecular complexity index is 464. The fraction of sp³-hybridized carbons (Fsp3) is 0.300. The molecule has 0 fully saturated rings. The Hall–Kier alpha value is -1.69. The summed E-state index contributed by atoms with van der Waals surface area (Å²) in [5.74, 6) is -1.53. The summed E-state index contributed by atoms with van der Waals surface area (Å²) in [5, 5.41) is 10.8. The number of alkyl halides is 1. The molecule has 0 aliphatic heterocycles. The van der Waals surface area contributed by atoms with E-state index < -0.39 is 22.4 Å². The molecule has 0 atom stereocenters. The van der Waals surface area contributed by atoms with Crippen molar-refractivity contribution < 1.29 is 18.8 Å². The molecule has 0 aliphatic carbocycles. The summed E-state index contributed by atoms with van der Waals surface area (Å²) in [7, 11) is 1.16. The van der Waals surface area contributed by atoms with E-state index in [0.29, 0.717) is 0 Å². The van der Waals surface area contributed by atoms with Crippen LogP contribution in [0.25, 0.3) is 0 Å². The summed E-state index contributed by atoms with van der Waals surface area (Å²) in [6.45, 7) is 0. The van der Waals surface area contributed by atoms with Crippen molar-refractivity contribution in [1.82, 2.24) is 0 Å². The fourth-order valence-corrected chi connectivity index (χ4v) is 1.62. The molecular weight excluding hydrogens is 253 g/mol. The second-order valence-corrected chi connectivity index (χ2v) is 3.47. The second-order valence-electron chi connectivity index (χ2n) is 3.21. The lowest BCUT2D eigenvalue weighted by Crippen LogP contribution is -2.09. The maximum Gasteiger partial charge on any atom is 0.310 e. The number of rotatable bonds is 4. The van der Waals surface area contributed by atoms with E-state index >= 15 is 0 Å². The highest BCUT2D eigenvalue weighted by molar-refractivity contribution is 6.17. The highest BCUT2D eigenvalue weighted by Gasteiger charge is 2.22. The van der Waals surface area contributed by atoms with Crippen LogP contribution in [0.15, 0.2) is 12.1 Å². The van der Waals surface area contributed by atoms with Crippen molar-refractivity contribution >= 4 is 23.3 Å². The van der Waals surface area contributed by atoms with Crippen LogP contribution in [0.3, 0.4) is 0 Å². The van der Waals surface area contributed by atoms with Gasteiger partial charge in [0.2, 0.25) is 0 Å². The monoisotopic (exact) mass is 261 g/mol. The Morgan fingerprint density at radius 1 is 1.59 bits per heavy atom. The van der Waals surface area contributed by atoms with Gasteiger partial charge in [0.1, 0.15) is 5.82 Å². The largest absolute Gasteiger partial charge is 0.469 e. The molecule has 1 aromatic rings. The van der Waals surface area contributed by atoms with Gasteiger partial charge in [-0.3, -0.25) is 14.9 Å². The zero-order valence-corrected chi connectivity index (χ0v) is 9.66. The molecule has 0 unspecified atom stereocenters. The van der Waals surface area contributed by atoms with Crippen molar-refractivity contribution in [2.45, 2.75) is 12.3 Å². The van der Waals surface area contributed by atoms with Gasteiger partial charge in [-0.15, -0.1) is 11.6 Å². The van der Waals surface area contributed by atoms with Crippen LogP contribution < -0.4 is 0 Å². The maximum atomic E-state index is 13.1. The van der Waals surface area contributed by atoms with Gasteiger partial charge in [-0.05, 0) is 11.6 Å². The predicted octanol–water partition coefficient (Wildman–Crippen LogP) is 2.19. The average molecular weight is 262 g/mol. The quantitative estimate of drug-likeness (QED) is 0.360. The molecule has 0 aliphatic rings. The molecule has 0 saturated heterocycles. The molecule has 0 amide bonds. The molecule has 17 heavy (non-hydrogen) atoms. The van der Waals surface area contributed by atoms with Gasteiger partial charge < -0.3 is 4.74 Å². The van der Waals surface area contributed by atoms with Crippen LogP contribution >= 0.6 is 11.6 Å². The fourth-order valence-electron chi connectivity index (χ4n) is 1.38. The summed E-state index contributed by atoms with van der Waals surface area (Å²) >= 11 is 5.57. The van der Waals surface area contributed by atoms with E-state index in [4.69, 9.17) is 11.6 Å². The minimum atomic E-state index is -0.763. The first-order valence-corrected chi connectivity index (χ1v) is 5.11. The molecule has 0 spiro atoms. The first-order chi connectivity index (χ1) is 7.99. The van der Waals surface area contributed by atoms with E-state index in [1.54, 1.807) is 0 Å². The number of carbonyl (C=O) groups excluding carboxylic acids is 1. The molecule has 0 saturated carbocycles. The number of hydrogen-bond donors (Lipinski definition) is 0. The minimum Gasteiger partial charge on any atom is -0.469 e. The van der Waals surface area contributed by atoms with Gasteiger partial charge >= 0.3 is 5.97 Å². The Balaban J connectivity index is 3.31. The van der Waals surface area contributed by atoms with Crippen LogP contribution in [0.4, 0.5) is 10.1 Å². The number of methoxy groups -OCH3 is 1. The van der Waals surface area contributed by atoms with Gasteiger partial charge in [-0.25, -0.2) is 4.39 Å². The molecule has 0 aromatic heterocycles. The molecule has 0 radical (unpaired) electrons. The van der Waals surface area contributed by atoms with Gasteiger partial charge in [-0.1, -0.05) is 0 Å². The van der Waals surface area contributed by atoms with Crippen molar-refractivity contribution in [2.24, 2.45) is 0 Å². The zero-order chi connectivity index (χ0) is 13.0. The third-order valence-corrected chi connectivity index (χ3v) is 2.46. The molecule has 5 nitrogen and oxygen atoms in total. The molecule has 92 valence electrons. The lowest BCUT2D eigenvalue weighted by molar-refractivity contribution is -0.385. The molecule has 7 heteroatoms. The molecule has 0 bridgehead atoms. The van der Waals surface area contributed by atoms with Crippen molar-refractivity contribution in [2.75, 3.05) is 7.11 Å². The third kappa shape index (κ3) is 3.13. The van der Waals surface area contributed by atoms with Gasteiger partial charge in [0, 0.05) is 11.4 Å². The predicted molar refractivity (Wildman–Crippen MR) is 58.3 cm³/mol. The van der Waals surface area contributed by atoms with Crippen molar-refractivity contribution in [3.05, 3.63) is 39.2 Å². The molecule has 0 N–H and O–H groups in total. The summed E-state index contributed by atoms with van der Waals surface area (Å²) in [4.78, 5) is 21.1. The van der Waals surface area contributed by atoms with E-state index in [9.17, 15) is 19.3 Å². The number of carbonyl (C=O) groups is 1. The highest BCUT2D eigenvalue weighted by Crippen LogP contribution is 2.26. The lowest BCUT2D eigenvalue weighted by atomic mass is 10.0. The van der Waals surface area contributed by atoms with Crippen LogP contribution in [-0.2, 0) is 21.8 Å². The number of ether oxygens (including phenoxy) is 1. The van der Waals surface area contributed by atoms with Crippen molar-refractivity contribution in [3.63, 3.8) is 0 Å². The van der Waals surface area contributed by atoms with Crippen molar-refractivity contribution in [3.8, 4) is 0 Å². The molecule has 0 heterocycles. The minimum absolute atomic E-state index is 0.0817. The summed E-state index contributed by atoms with van der Waals surface area (Å²) in [6.07, 6.45) is -0.310. The number of esters is 1. The first kappa shape index (κ1) is 13.4. The van der Waals surface area contributed by atoms with E-state index in [2.05, 4.69) is 4.74 Å². The summed E-state index contributed by atoms with van der Waals surface area (Å²) in [6, 6.07) is 1.83. The van der Waals surface area contributed by atoms with Crippen LogP contribution in [0.1, 0.15) is 11.1 Å². The topological polar surface area (TPSA) is 69.4 Å². The average Bonchev–Trinajstić information content (AvgIpc) is 2.30. The zero-order valence-electron chi connectivity index (χ0n) is 8.91. The maximum absolute atomic E-state index is 13.1. The van der Waals surface area contributed by atoms with E-state index in [0.717, 1.165) is 19.2 Å². The second kappa shape index (κ2) is 5.58. The van der Waals surface area contributed by atoms with Crippen LogP contribution in [0.5, 0.6) is 0 Å². The number of nitrogens with zero attached hydrogens (tertiary/aromatic N) is 1. The number of nitro groups is 1. The van der Waals surface area contributed by atoms with Gasteiger partial charge in [-0.2, -0.15) is 0 Å². The number of nitro benzene ring substituents is 1. The van der Waals surface area contributed by atoms with Crippen LogP contribution in [-0.4, -0.2) is 18.0 Å². The first-order valence-electron chi connectivity index (χ1n) is 4.58. The number of halogens is 2. The Morgan fingerprint density at radius 2 is 2.24 bits per heavy atom. The standard InChI is InChI=1S/C10H9ClFNO4/c1-17-10(14)4-8-6(5-11)2-7(12)3-9(8)13(15)16/h2-3H,4-5H2,1H3. The van der Waals surface area contributed by atoms with E-state index in [-0.39, 0.29) is 23.4 Å². The lowest BCUT2D eigenvalue weighted by Gasteiger charge is -2.07. The molecular formula is C10H9ClFNO4. The molecule has 1 rings (SSSR count). The third-order valence-electron chi connectivity index (χ3n) is 2.17. The summed E-state index contributed by atoms with van der Waals surface area (Å²) in [5.41, 5.74) is -0.173. The molecule has 1 aromatic carbocycles. The Morgan fingerprint density at radius 3 is 2.71 bits per heavy atom. The van der Waals surface area contributed by atoms with Gasteiger partial charge in [0.05, 0.1) is 24.5 Å². The van der Waals surface area contributed by atoms with E-state index in [1.165, 1.54) is 0 Å². The number of hydrogen-bond acceptors (Lipinski definition) is 4. The SMILES string of the molecule is COC(=O)Cc1c(CCl)cc(F)cc1[N+](=O)[O-].